The van der Waals surface area contributed by atoms with Gasteiger partial charge in [0.05, 0.1) is 12.7 Å². The number of amides is 1. The fourth-order valence-electron chi connectivity index (χ4n) is 1.62. The third-order valence-corrected chi connectivity index (χ3v) is 2.39. The molecule has 1 heterocycles. The molecule has 1 aromatic carbocycles. The van der Waals surface area contributed by atoms with E-state index in [1.165, 1.54) is 19.2 Å². The van der Waals surface area contributed by atoms with Gasteiger partial charge in [-0.3, -0.25) is 4.79 Å². The van der Waals surface area contributed by atoms with Crippen LogP contribution in [-0.2, 0) is 11.3 Å². The minimum atomic E-state index is -4.96. The number of anilines is 1. The predicted molar refractivity (Wildman–Crippen MR) is 66.5 cm³/mol. The summed E-state index contributed by atoms with van der Waals surface area (Å²) >= 11 is 0. The van der Waals surface area contributed by atoms with Crippen LogP contribution in [0, 0.1) is 5.82 Å². The highest BCUT2D eigenvalue weighted by atomic mass is 19.4. The molecular formula is C12H10F4N4O2. The zero-order valence-electron chi connectivity index (χ0n) is 11.2. The first-order valence-corrected chi connectivity index (χ1v) is 5.95. The van der Waals surface area contributed by atoms with Crippen LogP contribution < -0.4 is 10.1 Å². The first-order chi connectivity index (χ1) is 10.2. The molecule has 0 saturated heterocycles. The van der Waals surface area contributed by atoms with Crippen molar-refractivity contribution in [2.45, 2.75) is 19.8 Å². The Morgan fingerprint density at radius 2 is 2.14 bits per heavy atom. The van der Waals surface area contributed by atoms with Crippen LogP contribution >= 0.6 is 0 Å². The largest absolute Gasteiger partial charge is 0.573 e. The molecular weight excluding hydrogens is 308 g/mol. The number of carbonyl (C=O) groups excluding carboxylic acids is 1. The van der Waals surface area contributed by atoms with E-state index in [9.17, 15) is 22.4 Å². The summed E-state index contributed by atoms with van der Waals surface area (Å²) in [6.07, 6.45) is -3.67. The molecule has 0 saturated carbocycles. The molecule has 0 aliphatic heterocycles. The van der Waals surface area contributed by atoms with Gasteiger partial charge in [0.2, 0.25) is 5.91 Å². The second-order valence-electron chi connectivity index (χ2n) is 4.25. The minimum absolute atomic E-state index is 0.0167. The molecule has 0 aliphatic rings. The van der Waals surface area contributed by atoms with Gasteiger partial charge in [0.15, 0.2) is 17.4 Å². The molecule has 10 heteroatoms. The van der Waals surface area contributed by atoms with Crippen LogP contribution in [0.25, 0.3) is 0 Å². The van der Waals surface area contributed by atoms with E-state index in [4.69, 9.17) is 0 Å². The quantitative estimate of drug-likeness (QED) is 0.879. The first-order valence-electron chi connectivity index (χ1n) is 5.95. The minimum Gasteiger partial charge on any atom is -0.403 e. The summed E-state index contributed by atoms with van der Waals surface area (Å²) in [7, 11) is 0. The number of hydrogen-bond donors (Lipinski definition) is 1. The number of carbonyl (C=O) groups is 1. The standard InChI is InChI=1S/C12H10F4N4O2/c1-7(21)18-11-5-17-20(19-11)6-8-2-3-10(9(13)4-8)22-12(14,15)16/h2-5H,6H2,1H3,(H,18,19,21). The van der Waals surface area contributed by atoms with E-state index in [1.54, 1.807) is 0 Å². The fourth-order valence-corrected chi connectivity index (χ4v) is 1.62. The Kier molecular flexibility index (Phi) is 4.29. The molecule has 1 amide bonds. The van der Waals surface area contributed by atoms with E-state index in [1.807, 2.05) is 0 Å². The number of nitrogens with zero attached hydrogens (tertiary/aromatic N) is 3. The summed E-state index contributed by atoms with van der Waals surface area (Å²) in [5, 5.41) is 10.1. The Morgan fingerprint density at radius 1 is 1.41 bits per heavy atom. The maximum Gasteiger partial charge on any atom is 0.573 e. The third-order valence-electron chi connectivity index (χ3n) is 2.39. The lowest BCUT2D eigenvalue weighted by Crippen LogP contribution is -2.18. The average Bonchev–Trinajstić information content (AvgIpc) is 2.77. The molecule has 22 heavy (non-hydrogen) atoms. The van der Waals surface area contributed by atoms with Crippen LogP contribution in [0.1, 0.15) is 12.5 Å². The smallest absolute Gasteiger partial charge is 0.403 e. The van der Waals surface area contributed by atoms with Gasteiger partial charge in [-0.05, 0) is 17.7 Å². The molecule has 2 rings (SSSR count). The van der Waals surface area contributed by atoms with Gasteiger partial charge in [-0.2, -0.15) is 9.90 Å². The van der Waals surface area contributed by atoms with Gasteiger partial charge in [0, 0.05) is 6.92 Å². The van der Waals surface area contributed by atoms with Crippen molar-refractivity contribution in [3.05, 3.63) is 35.8 Å². The van der Waals surface area contributed by atoms with Crippen LogP contribution in [-0.4, -0.2) is 27.3 Å². The van der Waals surface area contributed by atoms with E-state index < -0.39 is 17.9 Å². The normalized spacial score (nSPS) is 11.3. The zero-order valence-corrected chi connectivity index (χ0v) is 11.2. The van der Waals surface area contributed by atoms with Crippen molar-refractivity contribution in [1.82, 2.24) is 15.0 Å². The Bertz CT molecular complexity index is 684. The van der Waals surface area contributed by atoms with Gasteiger partial charge in [-0.25, -0.2) is 4.39 Å². The van der Waals surface area contributed by atoms with E-state index in [-0.39, 0.29) is 18.3 Å². The second kappa shape index (κ2) is 6.00. The van der Waals surface area contributed by atoms with Gasteiger partial charge < -0.3 is 10.1 Å². The highest BCUT2D eigenvalue weighted by Gasteiger charge is 2.32. The van der Waals surface area contributed by atoms with Crippen molar-refractivity contribution in [1.29, 1.82) is 0 Å². The zero-order chi connectivity index (χ0) is 16.3. The monoisotopic (exact) mass is 318 g/mol. The lowest BCUT2D eigenvalue weighted by atomic mass is 10.2. The summed E-state index contributed by atoms with van der Waals surface area (Å²) < 4.78 is 53.1. The molecule has 2 aromatic rings. The van der Waals surface area contributed by atoms with Crippen LogP contribution in [0.15, 0.2) is 24.4 Å². The van der Waals surface area contributed by atoms with Crippen molar-refractivity contribution in [3.8, 4) is 5.75 Å². The predicted octanol–water partition coefficient (Wildman–Crippen LogP) is 2.32. The number of aromatic nitrogens is 3. The second-order valence-corrected chi connectivity index (χ2v) is 4.25. The van der Waals surface area contributed by atoms with Gasteiger partial charge in [0.25, 0.3) is 0 Å². The number of rotatable bonds is 4. The average molecular weight is 318 g/mol. The summed E-state index contributed by atoms with van der Waals surface area (Å²) in [5.74, 6) is -2.18. The van der Waals surface area contributed by atoms with E-state index in [0.29, 0.717) is 5.56 Å². The van der Waals surface area contributed by atoms with E-state index in [0.717, 1.165) is 16.9 Å². The Labute approximate surface area is 121 Å². The molecule has 0 atom stereocenters. The molecule has 0 fully saturated rings. The molecule has 6 nitrogen and oxygen atoms in total. The van der Waals surface area contributed by atoms with Crippen molar-refractivity contribution in [2.24, 2.45) is 0 Å². The Hall–Kier alpha value is -2.65. The van der Waals surface area contributed by atoms with Crippen molar-refractivity contribution in [2.75, 3.05) is 5.32 Å². The molecule has 1 N–H and O–H groups in total. The molecule has 1 aromatic heterocycles. The topological polar surface area (TPSA) is 69.0 Å². The number of benzene rings is 1. The third kappa shape index (κ3) is 4.43. The van der Waals surface area contributed by atoms with Crippen LogP contribution in [0.4, 0.5) is 23.4 Å². The fraction of sp³-hybridized carbons (Fsp3) is 0.250. The number of alkyl halides is 3. The Morgan fingerprint density at radius 3 is 2.73 bits per heavy atom. The van der Waals surface area contributed by atoms with E-state index >= 15 is 0 Å². The van der Waals surface area contributed by atoms with Gasteiger partial charge in [0.1, 0.15) is 0 Å². The summed E-state index contributed by atoms with van der Waals surface area (Å²) in [5.41, 5.74) is 0.331. The van der Waals surface area contributed by atoms with Crippen molar-refractivity contribution >= 4 is 11.7 Å². The molecule has 0 unspecified atom stereocenters. The molecule has 0 radical (unpaired) electrons. The number of halogens is 4. The maximum absolute atomic E-state index is 13.5. The lowest BCUT2D eigenvalue weighted by Gasteiger charge is -2.10. The van der Waals surface area contributed by atoms with E-state index in [2.05, 4.69) is 20.3 Å². The molecule has 0 bridgehead atoms. The van der Waals surface area contributed by atoms with Crippen molar-refractivity contribution < 1.29 is 27.1 Å². The van der Waals surface area contributed by atoms with Gasteiger partial charge in [-0.1, -0.05) is 6.07 Å². The Balaban J connectivity index is 2.09. The lowest BCUT2D eigenvalue weighted by molar-refractivity contribution is -0.275. The number of nitrogens with one attached hydrogen (secondary N) is 1. The van der Waals surface area contributed by atoms with Crippen LogP contribution in [0.5, 0.6) is 5.75 Å². The van der Waals surface area contributed by atoms with Crippen molar-refractivity contribution in [3.63, 3.8) is 0 Å². The SMILES string of the molecule is CC(=O)Nc1cnn(Cc2ccc(OC(F)(F)F)c(F)c2)n1. The van der Waals surface area contributed by atoms with Crippen LogP contribution in [0.3, 0.4) is 0 Å². The highest BCUT2D eigenvalue weighted by molar-refractivity contribution is 5.87. The summed E-state index contributed by atoms with van der Waals surface area (Å²) in [4.78, 5) is 12.0. The first kappa shape index (κ1) is 15.7. The summed E-state index contributed by atoms with van der Waals surface area (Å²) in [6, 6.07) is 3.02. The maximum atomic E-state index is 13.5. The van der Waals surface area contributed by atoms with Gasteiger partial charge >= 0.3 is 6.36 Å². The van der Waals surface area contributed by atoms with Gasteiger partial charge in [-0.15, -0.1) is 18.3 Å². The molecule has 0 spiro atoms. The molecule has 0 aliphatic carbocycles. The number of ether oxygens (including phenoxy) is 1. The van der Waals surface area contributed by atoms with Crippen LogP contribution in [0.2, 0.25) is 0 Å². The number of hydrogen-bond acceptors (Lipinski definition) is 4. The highest BCUT2D eigenvalue weighted by Crippen LogP contribution is 2.26. The molecule has 118 valence electrons. The summed E-state index contributed by atoms with van der Waals surface area (Å²) in [6.45, 7) is 1.32.